The van der Waals surface area contributed by atoms with Crippen LogP contribution >= 0.6 is 0 Å². The van der Waals surface area contributed by atoms with Crippen LogP contribution < -0.4 is 4.90 Å². The summed E-state index contributed by atoms with van der Waals surface area (Å²) in [5.41, 5.74) is 0.501. The average Bonchev–Trinajstić information content (AvgIpc) is 2.52. The Labute approximate surface area is 145 Å². The van der Waals surface area contributed by atoms with Gasteiger partial charge in [0.2, 0.25) is 0 Å². The second kappa shape index (κ2) is 7.75. The predicted molar refractivity (Wildman–Crippen MR) is 92.1 cm³/mol. The molecule has 0 spiro atoms. The van der Waals surface area contributed by atoms with E-state index in [0.29, 0.717) is 30.6 Å². The van der Waals surface area contributed by atoms with Crippen molar-refractivity contribution < 1.29 is 19.3 Å². The van der Waals surface area contributed by atoms with E-state index in [1.165, 1.54) is 13.2 Å². The summed E-state index contributed by atoms with van der Waals surface area (Å²) in [5, 5.41) is 23.5. The van der Waals surface area contributed by atoms with E-state index >= 15 is 0 Å². The summed E-state index contributed by atoms with van der Waals surface area (Å²) >= 11 is 0. The Balaban J connectivity index is 2.75. The summed E-state index contributed by atoms with van der Waals surface area (Å²) in [5.74, 6) is 0. The third-order valence-corrected chi connectivity index (χ3v) is 4.24. The van der Waals surface area contributed by atoms with Crippen LogP contribution in [0.4, 0.5) is 17.1 Å². The first-order chi connectivity index (χ1) is 11.8. The van der Waals surface area contributed by atoms with E-state index in [1.54, 1.807) is 11.8 Å². The van der Waals surface area contributed by atoms with Crippen molar-refractivity contribution in [2.75, 3.05) is 25.1 Å². The van der Waals surface area contributed by atoms with E-state index < -0.39 is 9.85 Å². The minimum Gasteiger partial charge on any atom is -0.380 e. The molecule has 2 rings (SSSR count). The van der Waals surface area contributed by atoms with Crippen LogP contribution in [-0.4, -0.2) is 42.3 Å². The Morgan fingerprint density at radius 2 is 1.84 bits per heavy atom. The molecule has 1 aliphatic heterocycles. The topological polar surface area (TPSA) is 108 Å². The van der Waals surface area contributed by atoms with Crippen LogP contribution in [0.15, 0.2) is 6.07 Å². The number of morpholine rings is 1. The molecular formula is C16H23N3O6. The number of aryl methyl sites for hydroxylation is 1. The monoisotopic (exact) mass is 353 g/mol. The highest BCUT2D eigenvalue weighted by atomic mass is 16.6. The van der Waals surface area contributed by atoms with E-state index in [4.69, 9.17) is 9.47 Å². The van der Waals surface area contributed by atoms with E-state index in [2.05, 4.69) is 0 Å². The summed E-state index contributed by atoms with van der Waals surface area (Å²) in [7, 11) is 1.45. The molecule has 0 amide bonds. The van der Waals surface area contributed by atoms with Gasteiger partial charge in [-0.1, -0.05) is 6.92 Å². The third-order valence-electron chi connectivity index (χ3n) is 4.24. The van der Waals surface area contributed by atoms with Crippen LogP contribution in [0.5, 0.6) is 0 Å². The maximum absolute atomic E-state index is 11.8. The van der Waals surface area contributed by atoms with Crippen molar-refractivity contribution in [1.82, 2.24) is 0 Å². The molecule has 0 saturated carbocycles. The van der Waals surface area contributed by atoms with Crippen LogP contribution in [-0.2, 0) is 22.5 Å². The molecule has 0 aliphatic carbocycles. The van der Waals surface area contributed by atoms with E-state index in [1.807, 2.05) is 13.8 Å². The minimum absolute atomic E-state index is 0.0277. The summed E-state index contributed by atoms with van der Waals surface area (Å²) in [6.45, 7) is 6.22. The number of nitrogens with zero attached hydrogens (tertiary/aromatic N) is 3. The van der Waals surface area contributed by atoms with Gasteiger partial charge >= 0.3 is 5.69 Å². The van der Waals surface area contributed by atoms with Crippen LogP contribution in [0, 0.1) is 20.2 Å². The number of rotatable bonds is 6. The van der Waals surface area contributed by atoms with Gasteiger partial charge in [0.1, 0.15) is 0 Å². The SMILES string of the molecule is CCc1cc([N+](=O)[O-])c(N2CC(C)OC(C)C2)c([N+](=O)[O-])c1COC. The zero-order chi connectivity index (χ0) is 18.7. The van der Waals surface area contributed by atoms with Crippen molar-refractivity contribution in [1.29, 1.82) is 0 Å². The highest BCUT2D eigenvalue weighted by Crippen LogP contribution is 2.43. The van der Waals surface area contributed by atoms with Crippen LogP contribution in [0.1, 0.15) is 31.9 Å². The van der Waals surface area contributed by atoms with Crippen molar-refractivity contribution in [2.45, 2.75) is 46.0 Å². The molecule has 0 aromatic heterocycles. The first kappa shape index (κ1) is 19.1. The molecule has 138 valence electrons. The lowest BCUT2D eigenvalue weighted by Crippen LogP contribution is -2.46. The Hall–Kier alpha value is -2.26. The first-order valence-corrected chi connectivity index (χ1v) is 8.16. The van der Waals surface area contributed by atoms with Gasteiger partial charge in [-0.05, 0) is 25.8 Å². The number of benzene rings is 1. The van der Waals surface area contributed by atoms with Gasteiger partial charge in [-0.15, -0.1) is 0 Å². The van der Waals surface area contributed by atoms with E-state index in [-0.39, 0.29) is 35.9 Å². The van der Waals surface area contributed by atoms with Crippen molar-refractivity contribution >= 4 is 17.1 Å². The molecule has 1 aromatic rings. The van der Waals surface area contributed by atoms with Gasteiger partial charge in [-0.3, -0.25) is 20.2 Å². The summed E-state index contributed by atoms with van der Waals surface area (Å²) in [6, 6.07) is 1.43. The maximum Gasteiger partial charge on any atom is 0.305 e. The summed E-state index contributed by atoms with van der Waals surface area (Å²) in [4.78, 5) is 24.1. The number of anilines is 1. The fourth-order valence-electron chi connectivity index (χ4n) is 3.37. The van der Waals surface area contributed by atoms with Crippen LogP contribution in [0.25, 0.3) is 0 Å². The third kappa shape index (κ3) is 3.88. The van der Waals surface area contributed by atoms with Crippen molar-refractivity contribution in [3.63, 3.8) is 0 Å². The maximum atomic E-state index is 11.8. The van der Waals surface area contributed by atoms with E-state index in [0.717, 1.165) is 0 Å². The smallest absolute Gasteiger partial charge is 0.305 e. The Morgan fingerprint density at radius 3 is 2.28 bits per heavy atom. The predicted octanol–water partition coefficient (Wildman–Crippen LogP) is 2.83. The van der Waals surface area contributed by atoms with E-state index in [9.17, 15) is 20.2 Å². The molecule has 9 nitrogen and oxygen atoms in total. The quantitative estimate of drug-likeness (QED) is 0.571. The minimum atomic E-state index is -0.553. The highest BCUT2D eigenvalue weighted by Gasteiger charge is 2.37. The Morgan fingerprint density at radius 1 is 1.24 bits per heavy atom. The average molecular weight is 353 g/mol. The van der Waals surface area contributed by atoms with Crippen molar-refractivity contribution in [3.8, 4) is 0 Å². The molecule has 1 fully saturated rings. The normalized spacial score (nSPS) is 20.6. The van der Waals surface area contributed by atoms with Gasteiger partial charge < -0.3 is 14.4 Å². The first-order valence-electron chi connectivity index (χ1n) is 8.16. The molecule has 1 aliphatic rings. The molecule has 2 unspecified atom stereocenters. The second-order valence-electron chi connectivity index (χ2n) is 6.19. The van der Waals surface area contributed by atoms with Crippen LogP contribution in [0.3, 0.4) is 0 Å². The number of ether oxygens (including phenoxy) is 2. The van der Waals surface area contributed by atoms with Gasteiger partial charge in [0.15, 0.2) is 5.69 Å². The molecular weight excluding hydrogens is 330 g/mol. The lowest BCUT2D eigenvalue weighted by atomic mass is 9.99. The molecule has 1 aromatic carbocycles. The van der Waals surface area contributed by atoms with Gasteiger partial charge in [0.05, 0.1) is 34.2 Å². The Kier molecular flexibility index (Phi) is 5.91. The Bertz CT molecular complexity index is 668. The number of methoxy groups -OCH3 is 1. The van der Waals surface area contributed by atoms with Gasteiger partial charge in [0.25, 0.3) is 5.69 Å². The number of hydrogen-bond acceptors (Lipinski definition) is 7. The fraction of sp³-hybridized carbons (Fsp3) is 0.625. The summed E-state index contributed by atoms with van der Waals surface area (Å²) < 4.78 is 10.8. The molecule has 0 N–H and O–H groups in total. The van der Waals surface area contributed by atoms with Crippen molar-refractivity contribution in [2.24, 2.45) is 0 Å². The second-order valence-corrected chi connectivity index (χ2v) is 6.19. The van der Waals surface area contributed by atoms with Gasteiger partial charge in [-0.25, -0.2) is 0 Å². The number of nitro groups is 2. The number of hydrogen-bond donors (Lipinski definition) is 0. The summed E-state index contributed by atoms with van der Waals surface area (Å²) in [6.07, 6.45) is 0.0793. The fourth-order valence-corrected chi connectivity index (χ4v) is 3.37. The molecule has 1 heterocycles. The molecule has 0 radical (unpaired) electrons. The van der Waals surface area contributed by atoms with Gasteiger partial charge in [0, 0.05) is 26.3 Å². The molecule has 9 heteroatoms. The standard InChI is InChI=1S/C16H23N3O6/c1-5-12-6-14(18(20)21)16(15(19(22)23)13(12)9-24-4)17-7-10(2)25-11(3)8-17/h6,10-11H,5,7-9H2,1-4H3. The highest BCUT2D eigenvalue weighted by molar-refractivity contribution is 5.79. The molecule has 0 bridgehead atoms. The molecule has 2 atom stereocenters. The lowest BCUT2D eigenvalue weighted by molar-refractivity contribution is -0.393. The molecule has 1 saturated heterocycles. The van der Waals surface area contributed by atoms with Gasteiger partial charge in [-0.2, -0.15) is 0 Å². The largest absolute Gasteiger partial charge is 0.380 e. The molecule has 25 heavy (non-hydrogen) atoms. The van der Waals surface area contributed by atoms with Crippen LogP contribution in [0.2, 0.25) is 0 Å². The van der Waals surface area contributed by atoms with Crippen molar-refractivity contribution in [3.05, 3.63) is 37.4 Å². The zero-order valence-corrected chi connectivity index (χ0v) is 14.9. The number of nitro benzene ring substituents is 2. The zero-order valence-electron chi connectivity index (χ0n) is 14.9. The lowest BCUT2D eigenvalue weighted by Gasteiger charge is -2.36.